The predicted octanol–water partition coefficient (Wildman–Crippen LogP) is 9.21. The fourth-order valence-electron chi connectivity index (χ4n) is 8.30. The fourth-order valence-corrected chi connectivity index (χ4v) is 11.2. The zero-order valence-electron chi connectivity index (χ0n) is 29.0. The Labute approximate surface area is 313 Å². The SMILES string of the molecule is Cc1sc2c(c1C)C(c1ccc(Cl)cc1)=NC1(CC1Cc1sc3c(c1C)C(c1ccc(Cl)cc1)=NC1(CC1C)c1nnc(C)n1-3)c1nnc(C)n1-2. The van der Waals surface area contributed by atoms with E-state index in [0.29, 0.717) is 16.0 Å². The summed E-state index contributed by atoms with van der Waals surface area (Å²) in [6.07, 6.45) is 2.68. The highest BCUT2D eigenvalue weighted by Gasteiger charge is 2.61. The Morgan fingerprint density at radius 3 is 1.71 bits per heavy atom. The molecule has 2 aliphatic heterocycles. The summed E-state index contributed by atoms with van der Waals surface area (Å²) in [5, 5.41) is 22.6. The number of hydrogen-bond acceptors (Lipinski definition) is 8. The van der Waals surface area contributed by atoms with Crippen LogP contribution < -0.4 is 0 Å². The van der Waals surface area contributed by atoms with Gasteiger partial charge < -0.3 is 0 Å². The second kappa shape index (κ2) is 10.8. The minimum absolute atomic E-state index is 0.228. The molecule has 2 aliphatic carbocycles. The Bertz CT molecular complexity index is 2520. The van der Waals surface area contributed by atoms with Crippen LogP contribution in [-0.4, -0.2) is 41.0 Å². The Hall–Kier alpha value is -3.96. The van der Waals surface area contributed by atoms with Gasteiger partial charge >= 0.3 is 0 Å². The van der Waals surface area contributed by atoms with E-state index in [1.165, 1.54) is 20.9 Å². The maximum atomic E-state index is 6.38. The molecule has 12 heteroatoms. The summed E-state index contributed by atoms with van der Waals surface area (Å²) in [6.45, 7) is 13.0. The first kappa shape index (κ1) is 31.7. The standard InChI is InChI=1S/C39H34Cl2N8S2/c1-18-16-38(18)36-46-44-23(6)49(36)35-31(33(42-38)25-9-13-28(41)14-10-25)20(3)29(51-35)15-26-17-39(26)37-47-45-22(5)48(37)34-30(19(2)21(4)50-34)32(43-39)24-7-11-27(40)12-8-24/h7-14,18,26H,15-17H2,1-6H3. The smallest absolute Gasteiger partial charge is 0.166 e. The quantitative estimate of drug-likeness (QED) is 0.180. The summed E-state index contributed by atoms with van der Waals surface area (Å²) in [5.41, 5.74) is 8.04. The molecular formula is C39H34Cl2N8S2. The van der Waals surface area contributed by atoms with Crippen LogP contribution in [0.25, 0.3) is 10.0 Å². The van der Waals surface area contributed by atoms with Crippen LogP contribution >= 0.6 is 45.9 Å². The Balaban J connectivity index is 1.13. The van der Waals surface area contributed by atoms with Gasteiger partial charge in [0, 0.05) is 42.1 Å². The van der Waals surface area contributed by atoms with Gasteiger partial charge in [-0.25, -0.2) is 0 Å². The molecule has 6 heterocycles. The number of aryl methyl sites for hydroxylation is 3. The van der Waals surface area contributed by atoms with Crippen molar-refractivity contribution < 1.29 is 0 Å². The van der Waals surface area contributed by atoms with E-state index in [-0.39, 0.29) is 11.5 Å². The highest BCUT2D eigenvalue weighted by atomic mass is 35.5. The highest BCUT2D eigenvalue weighted by molar-refractivity contribution is 7.15. The third-order valence-electron chi connectivity index (χ3n) is 11.5. The maximum absolute atomic E-state index is 6.38. The van der Waals surface area contributed by atoms with Crippen LogP contribution in [0.4, 0.5) is 0 Å². The average molecular weight is 750 g/mol. The first-order valence-corrected chi connectivity index (χ1v) is 19.7. The van der Waals surface area contributed by atoms with Gasteiger partial charge in [-0.05, 0) is 101 Å². The van der Waals surface area contributed by atoms with Gasteiger partial charge in [0.1, 0.15) is 32.7 Å². The Kier molecular flexibility index (Phi) is 6.72. The van der Waals surface area contributed by atoms with Crippen LogP contribution in [-0.2, 0) is 17.5 Å². The molecule has 51 heavy (non-hydrogen) atoms. The largest absolute Gasteiger partial charge is 0.271 e. The summed E-state index contributed by atoms with van der Waals surface area (Å²) in [5.74, 6) is 4.24. The number of fused-ring (bicyclic) bond motifs is 8. The number of nitrogens with zero attached hydrogens (tertiary/aromatic N) is 8. The Morgan fingerprint density at radius 2 is 1.16 bits per heavy atom. The van der Waals surface area contributed by atoms with Gasteiger partial charge in [0.25, 0.3) is 0 Å². The zero-order valence-corrected chi connectivity index (χ0v) is 32.2. The van der Waals surface area contributed by atoms with Crippen molar-refractivity contribution in [1.29, 1.82) is 0 Å². The summed E-state index contributed by atoms with van der Waals surface area (Å²) in [4.78, 5) is 13.9. The number of rotatable bonds is 4. The van der Waals surface area contributed by atoms with Crippen molar-refractivity contribution >= 4 is 57.3 Å². The molecule has 2 saturated carbocycles. The molecule has 6 aromatic rings. The predicted molar refractivity (Wildman–Crippen MR) is 205 cm³/mol. The van der Waals surface area contributed by atoms with Crippen molar-refractivity contribution in [2.45, 2.75) is 71.9 Å². The van der Waals surface area contributed by atoms with Crippen molar-refractivity contribution in [2.24, 2.45) is 21.8 Å². The number of aromatic nitrogens is 6. The minimum Gasteiger partial charge on any atom is -0.271 e. The monoisotopic (exact) mass is 748 g/mol. The van der Waals surface area contributed by atoms with Gasteiger partial charge in [-0.3, -0.25) is 19.1 Å². The van der Waals surface area contributed by atoms with Crippen LogP contribution in [0, 0.1) is 46.5 Å². The number of thiophene rings is 2. The highest BCUT2D eigenvalue weighted by Crippen LogP contribution is 2.61. The van der Waals surface area contributed by atoms with E-state index < -0.39 is 5.54 Å². The fraction of sp³-hybridized carbons (Fsp3) is 0.333. The van der Waals surface area contributed by atoms with E-state index in [1.54, 1.807) is 11.3 Å². The first-order chi connectivity index (χ1) is 24.5. The molecule has 2 spiro atoms. The molecular weight excluding hydrogens is 716 g/mol. The molecule has 0 amide bonds. The van der Waals surface area contributed by atoms with Gasteiger partial charge in [0.05, 0.1) is 11.4 Å². The van der Waals surface area contributed by atoms with Crippen molar-refractivity contribution in [3.63, 3.8) is 0 Å². The first-order valence-electron chi connectivity index (χ1n) is 17.3. The molecule has 4 atom stereocenters. The molecule has 8 nitrogen and oxygen atoms in total. The van der Waals surface area contributed by atoms with E-state index in [9.17, 15) is 0 Å². The summed E-state index contributed by atoms with van der Waals surface area (Å²) in [7, 11) is 0. The summed E-state index contributed by atoms with van der Waals surface area (Å²) in [6, 6.07) is 16.2. The second-order valence-electron chi connectivity index (χ2n) is 14.6. The van der Waals surface area contributed by atoms with E-state index >= 15 is 0 Å². The number of benzene rings is 2. The topological polar surface area (TPSA) is 86.1 Å². The Morgan fingerprint density at radius 1 is 0.667 bits per heavy atom. The lowest BCUT2D eigenvalue weighted by atomic mass is 9.97. The van der Waals surface area contributed by atoms with Crippen molar-refractivity contribution in [1.82, 2.24) is 29.5 Å². The third kappa shape index (κ3) is 4.43. The van der Waals surface area contributed by atoms with Gasteiger partial charge in [-0.2, -0.15) is 0 Å². The van der Waals surface area contributed by atoms with Gasteiger partial charge in [-0.15, -0.1) is 43.1 Å². The van der Waals surface area contributed by atoms with Crippen molar-refractivity contribution in [2.75, 3.05) is 0 Å². The molecule has 256 valence electrons. The summed E-state index contributed by atoms with van der Waals surface area (Å²) >= 11 is 16.4. The second-order valence-corrected chi connectivity index (χ2v) is 17.8. The molecule has 4 unspecified atom stereocenters. The van der Waals surface area contributed by atoms with Crippen molar-refractivity contribution in [3.8, 4) is 10.0 Å². The van der Waals surface area contributed by atoms with Gasteiger partial charge in [0.15, 0.2) is 11.6 Å². The maximum Gasteiger partial charge on any atom is 0.166 e. The van der Waals surface area contributed by atoms with E-state index in [0.717, 1.165) is 86.2 Å². The molecule has 0 saturated heterocycles. The molecule has 4 aromatic heterocycles. The number of hydrogen-bond donors (Lipinski definition) is 0. The van der Waals surface area contributed by atoms with Crippen LogP contribution in [0.2, 0.25) is 10.0 Å². The molecule has 2 fully saturated rings. The van der Waals surface area contributed by atoms with E-state index in [1.807, 2.05) is 42.5 Å². The van der Waals surface area contributed by atoms with Crippen LogP contribution in [0.1, 0.15) is 86.2 Å². The number of halogens is 2. The molecule has 0 N–H and O–H groups in total. The minimum atomic E-state index is -0.513. The average Bonchev–Trinajstić information content (AvgIpc) is 3.72. The van der Waals surface area contributed by atoms with Crippen LogP contribution in [0.3, 0.4) is 0 Å². The number of aliphatic imine (C=N–C) groups is 2. The molecule has 4 aliphatic rings. The lowest BCUT2D eigenvalue weighted by Crippen LogP contribution is -2.16. The molecule has 0 radical (unpaired) electrons. The van der Waals surface area contributed by atoms with E-state index in [4.69, 9.17) is 43.4 Å². The lowest BCUT2D eigenvalue weighted by Gasteiger charge is -2.14. The molecule has 2 aromatic carbocycles. The summed E-state index contributed by atoms with van der Waals surface area (Å²) < 4.78 is 4.55. The normalized spacial score (nSPS) is 24.0. The van der Waals surface area contributed by atoms with Crippen molar-refractivity contribution in [3.05, 3.63) is 125 Å². The zero-order chi connectivity index (χ0) is 35.1. The molecule has 0 bridgehead atoms. The third-order valence-corrected chi connectivity index (χ3v) is 14.5. The van der Waals surface area contributed by atoms with Crippen LogP contribution in [0.15, 0.2) is 58.5 Å². The van der Waals surface area contributed by atoms with Gasteiger partial charge in [-0.1, -0.05) is 54.4 Å². The molecule has 10 rings (SSSR count). The van der Waals surface area contributed by atoms with Crippen LogP contribution in [0.5, 0.6) is 0 Å². The lowest BCUT2D eigenvalue weighted by molar-refractivity contribution is 0.583. The van der Waals surface area contributed by atoms with Gasteiger partial charge in [0.2, 0.25) is 0 Å². The van der Waals surface area contributed by atoms with E-state index in [2.05, 4.69) is 78.2 Å².